The zero-order chi connectivity index (χ0) is 9.97. The van der Waals surface area contributed by atoms with E-state index in [2.05, 4.69) is 28.1 Å². The van der Waals surface area contributed by atoms with E-state index >= 15 is 0 Å². The van der Waals surface area contributed by atoms with Crippen LogP contribution >= 0.6 is 15.9 Å². The Morgan fingerprint density at radius 1 is 1.21 bits per heavy atom. The monoisotopic (exact) mass is 255 g/mol. The van der Waals surface area contributed by atoms with Crippen LogP contribution < -0.4 is 5.73 Å². The van der Waals surface area contributed by atoms with Crippen LogP contribution in [0.4, 0.5) is 5.69 Å². The number of ether oxygens (including phenoxy) is 1. The topological polar surface area (TPSA) is 35.2 Å². The van der Waals surface area contributed by atoms with Gasteiger partial charge in [-0.25, -0.2) is 0 Å². The maximum atomic E-state index is 5.80. The van der Waals surface area contributed by atoms with E-state index in [9.17, 15) is 0 Å². The molecule has 0 aromatic heterocycles. The summed E-state index contributed by atoms with van der Waals surface area (Å²) in [5, 5.41) is 0. The molecule has 76 valence electrons. The number of anilines is 1. The third kappa shape index (κ3) is 2.28. The molecule has 2 nitrogen and oxygen atoms in total. The van der Waals surface area contributed by atoms with Crippen LogP contribution in [0.5, 0.6) is 0 Å². The summed E-state index contributed by atoms with van der Waals surface area (Å²) in [5.41, 5.74) is 7.97. The van der Waals surface area contributed by atoms with Crippen molar-refractivity contribution in [1.29, 1.82) is 0 Å². The van der Waals surface area contributed by atoms with E-state index in [0.29, 0.717) is 5.92 Å². The largest absolute Gasteiger partial charge is 0.399 e. The van der Waals surface area contributed by atoms with Gasteiger partial charge in [0.1, 0.15) is 0 Å². The van der Waals surface area contributed by atoms with E-state index in [0.717, 1.165) is 36.2 Å². The molecule has 0 atom stereocenters. The average molecular weight is 256 g/mol. The van der Waals surface area contributed by atoms with Crippen LogP contribution in [0.25, 0.3) is 0 Å². The molecule has 0 amide bonds. The minimum Gasteiger partial charge on any atom is -0.399 e. The fraction of sp³-hybridized carbons (Fsp3) is 0.455. The Kier molecular flexibility index (Phi) is 3.08. The van der Waals surface area contributed by atoms with Crippen molar-refractivity contribution in [2.75, 3.05) is 18.9 Å². The van der Waals surface area contributed by atoms with E-state index < -0.39 is 0 Å². The first kappa shape index (κ1) is 9.99. The van der Waals surface area contributed by atoms with Gasteiger partial charge in [0.2, 0.25) is 0 Å². The number of hydrogen-bond acceptors (Lipinski definition) is 2. The second kappa shape index (κ2) is 4.32. The zero-order valence-electron chi connectivity index (χ0n) is 8.00. The number of nitrogen functional groups attached to an aromatic ring is 1. The lowest BCUT2D eigenvalue weighted by atomic mass is 9.91. The highest BCUT2D eigenvalue weighted by Crippen LogP contribution is 2.30. The van der Waals surface area contributed by atoms with Crippen LogP contribution in [-0.2, 0) is 4.74 Å². The van der Waals surface area contributed by atoms with Gasteiger partial charge in [0, 0.05) is 23.4 Å². The maximum absolute atomic E-state index is 5.80. The molecule has 1 saturated heterocycles. The Bertz CT molecular complexity index is 301. The first-order valence-electron chi connectivity index (χ1n) is 4.89. The van der Waals surface area contributed by atoms with E-state index in [1.807, 2.05) is 6.07 Å². The van der Waals surface area contributed by atoms with E-state index in [1.165, 1.54) is 5.56 Å². The smallest absolute Gasteiger partial charge is 0.0471 e. The van der Waals surface area contributed by atoms with Gasteiger partial charge in [-0.05, 0) is 42.5 Å². The molecule has 2 N–H and O–H groups in total. The molecule has 0 bridgehead atoms. The average Bonchev–Trinajstić information content (AvgIpc) is 2.18. The molecule has 0 unspecified atom stereocenters. The number of nitrogens with two attached hydrogens (primary N) is 1. The maximum Gasteiger partial charge on any atom is 0.0471 e. The molecular weight excluding hydrogens is 242 g/mol. The molecule has 2 rings (SSSR count). The third-order valence-electron chi connectivity index (χ3n) is 2.64. The molecule has 1 aliphatic heterocycles. The van der Waals surface area contributed by atoms with Crippen molar-refractivity contribution < 1.29 is 4.74 Å². The van der Waals surface area contributed by atoms with Gasteiger partial charge < -0.3 is 10.5 Å². The van der Waals surface area contributed by atoms with Gasteiger partial charge in [0.25, 0.3) is 0 Å². The molecular formula is C11H14BrNO. The van der Waals surface area contributed by atoms with Crippen LogP contribution in [0.2, 0.25) is 0 Å². The SMILES string of the molecule is Nc1cc(Br)cc(C2CCOCC2)c1. The van der Waals surface area contributed by atoms with Crippen LogP contribution in [-0.4, -0.2) is 13.2 Å². The van der Waals surface area contributed by atoms with Gasteiger partial charge in [-0.1, -0.05) is 15.9 Å². The molecule has 1 aromatic carbocycles. The number of hydrogen-bond donors (Lipinski definition) is 1. The zero-order valence-corrected chi connectivity index (χ0v) is 9.59. The normalized spacial score (nSPS) is 18.4. The van der Waals surface area contributed by atoms with E-state index in [1.54, 1.807) is 0 Å². The van der Waals surface area contributed by atoms with Crippen molar-refractivity contribution in [1.82, 2.24) is 0 Å². The second-order valence-corrected chi connectivity index (χ2v) is 4.62. The van der Waals surface area contributed by atoms with Crippen molar-refractivity contribution in [3.05, 3.63) is 28.2 Å². The Morgan fingerprint density at radius 2 is 1.93 bits per heavy atom. The van der Waals surface area contributed by atoms with Gasteiger partial charge in [-0.3, -0.25) is 0 Å². The summed E-state index contributed by atoms with van der Waals surface area (Å²) < 4.78 is 6.41. The fourth-order valence-corrected chi connectivity index (χ4v) is 2.43. The highest BCUT2D eigenvalue weighted by Gasteiger charge is 2.16. The fourth-order valence-electron chi connectivity index (χ4n) is 1.90. The van der Waals surface area contributed by atoms with Gasteiger partial charge in [-0.15, -0.1) is 0 Å². The van der Waals surface area contributed by atoms with Crippen LogP contribution in [0.1, 0.15) is 24.3 Å². The molecule has 1 aliphatic rings. The summed E-state index contributed by atoms with van der Waals surface area (Å²) in [6.45, 7) is 1.74. The Balaban J connectivity index is 2.21. The van der Waals surface area contributed by atoms with Crippen LogP contribution in [0.15, 0.2) is 22.7 Å². The number of halogens is 1. The van der Waals surface area contributed by atoms with E-state index in [4.69, 9.17) is 10.5 Å². The summed E-state index contributed by atoms with van der Waals surface area (Å²) in [7, 11) is 0. The first-order valence-corrected chi connectivity index (χ1v) is 5.69. The summed E-state index contributed by atoms with van der Waals surface area (Å²) >= 11 is 3.47. The van der Waals surface area contributed by atoms with Gasteiger partial charge in [0.15, 0.2) is 0 Å². The Labute approximate surface area is 92.6 Å². The van der Waals surface area contributed by atoms with Crippen molar-refractivity contribution in [2.45, 2.75) is 18.8 Å². The highest BCUT2D eigenvalue weighted by molar-refractivity contribution is 9.10. The quantitative estimate of drug-likeness (QED) is 0.784. The van der Waals surface area contributed by atoms with Crippen molar-refractivity contribution in [3.63, 3.8) is 0 Å². The van der Waals surface area contributed by atoms with Crippen LogP contribution in [0.3, 0.4) is 0 Å². The predicted octanol–water partition coefficient (Wildman–Crippen LogP) is 2.93. The minimum atomic E-state index is 0.614. The Morgan fingerprint density at radius 3 is 2.57 bits per heavy atom. The van der Waals surface area contributed by atoms with Gasteiger partial charge in [-0.2, -0.15) is 0 Å². The van der Waals surface area contributed by atoms with Crippen molar-refractivity contribution >= 4 is 21.6 Å². The van der Waals surface area contributed by atoms with Gasteiger partial charge >= 0.3 is 0 Å². The van der Waals surface area contributed by atoms with E-state index in [-0.39, 0.29) is 0 Å². The molecule has 0 spiro atoms. The highest BCUT2D eigenvalue weighted by atomic mass is 79.9. The Hall–Kier alpha value is -0.540. The van der Waals surface area contributed by atoms with Crippen molar-refractivity contribution in [3.8, 4) is 0 Å². The molecule has 3 heteroatoms. The lowest BCUT2D eigenvalue weighted by Gasteiger charge is -2.22. The molecule has 0 aliphatic carbocycles. The van der Waals surface area contributed by atoms with Crippen molar-refractivity contribution in [2.24, 2.45) is 0 Å². The second-order valence-electron chi connectivity index (χ2n) is 3.70. The first-order chi connectivity index (χ1) is 6.75. The van der Waals surface area contributed by atoms with Crippen LogP contribution in [0, 0.1) is 0 Å². The number of benzene rings is 1. The summed E-state index contributed by atoms with van der Waals surface area (Å²) in [6, 6.07) is 6.16. The molecule has 1 heterocycles. The summed E-state index contributed by atoms with van der Waals surface area (Å²) in [5.74, 6) is 0.614. The molecule has 1 aromatic rings. The molecule has 0 radical (unpaired) electrons. The molecule has 1 fully saturated rings. The summed E-state index contributed by atoms with van der Waals surface area (Å²) in [4.78, 5) is 0. The third-order valence-corrected chi connectivity index (χ3v) is 3.09. The molecule has 14 heavy (non-hydrogen) atoms. The predicted molar refractivity (Wildman–Crippen MR) is 61.3 cm³/mol. The lowest BCUT2D eigenvalue weighted by Crippen LogP contribution is -2.14. The minimum absolute atomic E-state index is 0.614. The lowest BCUT2D eigenvalue weighted by molar-refractivity contribution is 0.0853. The standard InChI is InChI=1S/C11H14BrNO/c12-10-5-9(6-11(13)7-10)8-1-3-14-4-2-8/h5-8H,1-4,13H2. The van der Waals surface area contributed by atoms with Gasteiger partial charge in [0.05, 0.1) is 0 Å². The number of rotatable bonds is 1. The summed E-state index contributed by atoms with van der Waals surface area (Å²) in [6.07, 6.45) is 2.21. The molecule has 0 saturated carbocycles.